The fraction of sp³-hybridized carbons (Fsp3) is 0.500. The topological polar surface area (TPSA) is 63.6 Å². The summed E-state index contributed by atoms with van der Waals surface area (Å²) in [5.41, 5.74) is 2.64. The highest BCUT2D eigenvalue weighted by molar-refractivity contribution is 7.90. The van der Waals surface area contributed by atoms with Gasteiger partial charge < -0.3 is 9.84 Å². The Morgan fingerprint density at radius 1 is 1.24 bits per heavy atom. The molecule has 1 aromatic carbocycles. The number of ether oxygens (including phenoxy) is 1. The minimum atomic E-state index is -3.00. The smallest absolute Gasteiger partial charge is 0.150 e. The number of rotatable bonds is 5. The average molecular weight is 258 g/mol. The fourth-order valence-corrected chi connectivity index (χ4v) is 2.04. The van der Waals surface area contributed by atoms with E-state index < -0.39 is 9.84 Å². The quantitative estimate of drug-likeness (QED) is 0.862. The summed E-state index contributed by atoms with van der Waals surface area (Å²) in [5, 5.41) is 9.04. The Bertz CT molecular complexity index is 468. The van der Waals surface area contributed by atoms with Crippen LogP contribution in [-0.2, 0) is 16.4 Å². The molecule has 0 aliphatic carbocycles. The molecule has 0 radical (unpaired) electrons. The molecule has 17 heavy (non-hydrogen) atoms. The van der Waals surface area contributed by atoms with Crippen molar-refractivity contribution in [2.24, 2.45) is 0 Å². The molecule has 0 aromatic heterocycles. The molecule has 0 heterocycles. The summed E-state index contributed by atoms with van der Waals surface area (Å²) in [6.45, 7) is 3.90. The highest BCUT2D eigenvalue weighted by atomic mass is 32.2. The zero-order valence-corrected chi connectivity index (χ0v) is 11.2. The summed E-state index contributed by atoms with van der Waals surface area (Å²) in [5.74, 6) is 0.707. The van der Waals surface area contributed by atoms with Crippen LogP contribution in [0.5, 0.6) is 5.75 Å². The van der Waals surface area contributed by atoms with E-state index in [-0.39, 0.29) is 19.0 Å². The Morgan fingerprint density at radius 3 is 2.18 bits per heavy atom. The molecule has 0 fully saturated rings. The molecule has 0 spiro atoms. The van der Waals surface area contributed by atoms with Crippen LogP contribution in [0.25, 0.3) is 0 Å². The molecule has 1 N–H and O–H groups in total. The second kappa shape index (κ2) is 5.51. The van der Waals surface area contributed by atoms with Crippen LogP contribution in [0.15, 0.2) is 12.1 Å². The van der Waals surface area contributed by atoms with Crippen molar-refractivity contribution in [3.8, 4) is 5.75 Å². The van der Waals surface area contributed by atoms with Crippen LogP contribution in [0, 0.1) is 13.8 Å². The van der Waals surface area contributed by atoms with E-state index >= 15 is 0 Å². The van der Waals surface area contributed by atoms with Gasteiger partial charge in [-0.15, -0.1) is 0 Å². The third kappa shape index (κ3) is 4.36. The predicted molar refractivity (Wildman–Crippen MR) is 67.0 cm³/mol. The van der Waals surface area contributed by atoms with Crippen molar-refractivity contribution in [1.82, 2.24) is 0 Å². The summed E-state index contributed by atoms with van der Waals surface area (Å²) in [6, 6.07) is 3.67. The number of hydrogen-bond acceptors (Lipinski definition) is 4. The third-order valence-electron chi connectivity index (χ3n) is 2.40. The Kier molecular flexibility index (Phi) is 4.54. The van der Waals surface area contributed by atoms with Gasteiger partial charge in [0.1, 0.15) is 12.4 Å². The van der Waals surface area contributed by atoms with Crippen LogP contribution >= 0.6 is 0 Å². The number of aliphatic hydroxyl groups excluding tert-OH is 1. The first-order valence-corrected chi connectivity index (χ1v) is 7.41. The summed E-state index contributed by atoms with van der Waals surface area (Å²) in [6.07, 6.45) is 1.19. The molecule has 0 bridgehead atoms. The minimum Gasteiger partial charge on any atom is -0.492 e. The van der Waals surface area contributed by atoms with Gasteiger partial charge in [-0.2, -0.15) is 0 Å². The second-order valence-electron chi connectivity index (χ2n) is 4.20. The van der Waals surface area contributed by atoms with Crippen LogP contribution in [0.3, 0.4) is 0 Å². The van der Waals surface area contributed by atoms with Crippen molar-refractivity contribution in [3.63, 3.8) is 0 Å². The molecule has 0 unspecified atom stereocenters. The average Bonchev–Trinajstić information content (AvgIpc) is 2.20. The molecule has 4 nitrogen and oxygen atoms in total. The van der Waals surface area contributed by atoms with Crippen molar-refractivity contribution >= 4 is 9.84 Å². The lowest BCUT2D eigenvalue weighted by Crippen LogP contribution is -2.13. The number of sulfone groups is 1. The van der Waals surface area contributed by atoms with Crippen molar-refractivity contribution in [1.29, 1.82) is 0 Å². The molecule has 0 saturated carbocycles. The third-order valence-corrected chi connectivity index (χ3v) is 3.31. The summed E-state index contributed by atoms with van der Waals surface area (Å²) in [4.78, 5) is 0. The SMILES string of the molecule is Cc1cc(CO)cc(C)c1OCCS(C)(=O)=O. The maximum atomic E-state index is 11.0. The normalized spacial score (nSPS) is 11.5. The van der Waals surface area contributed by atoms with Crippen molar-refractivity contribution in [2.75, 3.05) is 18.6 Å². The van der Waals surface area contributed by atoms with Gasteiger partial charge in [-0.05, 0) is 30.5 Å². The summed E-state index contributed by atoms with van der Waals surface area (Å²) >= 11 is 0. The van der Waals surface area contributed by atoms with E-state index in [1.165, 1.54) is 6.26 Å². The van der Waals surface area contributed by atoms with Crippen molar-refractivity contribution in [2.45, 2.75) is 20.5 Å². The van der Waals surface area contributed by atoms with Gasteiger partial charge >= 0.3 is 0 Å². The van der Waals surface area contributed by atoms with Crippen LogP contribution in [0.4, 0.5) is 0 Å². The van der Waals surface area contributed by atoms with Crippen molar-refractivity contribution in [3.05, 3.63) is 28.8 Å². The first-order valence-electron chi connectivity index (χ1n) is 5.35. The van der Waals surface area contributed by atoms with Gasteiger partial charge in [0.05, 0.1) is 12.4 Å². The molecule has 0 aliphatic rings. The van der Waals surface area contributed by atoms with E-state index in [2.05, 4.69) is 0 Å². The highest BCUT2D eigenvalue weighted by Crippen LogP contribution is 2.24. The molecular formula is C12H18O4S. The van der Waals surface area contributed by atoms with Gasteiger partial charge in [0.2, 0.25) is 0 Å². The molecule has 5 heteroatoms. The molecule has 1 aromatic rings. The lowest BCUT2D eigenvalue weighted by atomic mass is 10.1. The van der Waals surface area contributed by atoms with Gasteiger partial charge in [-0.25, -0.2) is 8.42 Å². The van der Waals surface area contributed by atoms with Gasteiger partial charge in [-0.3, -0.25) is 0 Å². The number of hydrogen-bond donors (Lipinski definition) is 1. The first-order chi connectivity index (χ1) is 7.83. The Morgan fingerprint density at radius 2 is 1.76 bits per heavy atom. The molecule has 0 atom stereocenters. The Labute approximate surface area is 102 Å². The monoisotopic (exact) mass is 258 g/mol. The van der Waals surface area contributed by atoms with Gasteiger partial charge in [0, 0.05) is 6.26 Å². The van der Waals surface area contributed by atoms with Crippen LogP contribution in [0.1, 0.15) is 16.7 Å². The van der Waals surface area contributed by atoms with Gasteiger partial charge in [-0.1, -0.05) is 12.1 Å². The lowest BCUT2D eigenvalue weighted by molar-refractivity contribution is 0.281. The van der Waals surface area contributed by atoms with Crippen LogP contribution in [-0.4, -0.2) is 32.1 Å². The Balaban J connectivity index is 2.78. The molecule has 0 aliphatic heterocycles. The maximum absolute atomic E-state index is 11.0. The fourth-order valence-electron chi connectivity index (χ4n) is 1.65. The molecule has 1 rings (SSSR count). The maximum Gasteiger partial charge on any atom is 0.150 e. The first kappa shape index (κ1) is 14.0. The van der Waals surface area contributed by atoms with E-state index in [1.54, 1.807) is 0 Å². The van der Waals surface area contributed by atoms with Crippen LogP contribution < -0.4 is 4.74 Å². The number of aliphatic hydroxyl groups is 1. The zero-order valence-electron chi connectivity index (χ0n) is 10.4. The molecular weight excluding hydrogens is 240 g/mol. The highest BCUT2D eigenvalue weighted by Gasteiger charge is 2.08. The number of aryl methyl sites for hydroxylation is 2. The molecule has 96 valence electrons. The lowest BCUT2D eigenvalue weighted by Gasteiger charge is -2.13. The van der Waals surface area contributed by atoms with E-state index in [1.807, 2.05) is 26.0 Å². The summed E-state index contributed by atoms with van der Waals surface area (Å²) in [7, 11) is -3.00. The van der Waals surface area contributed by atoms with E-state index in [9.17, 15) is 8.42 Å². The van der Waals surface area contributed by atoms with Crippen LogP contribution in [0.2, 0.25) is 0 Å². The van der Waals surface area contributed by atoms with Crippen molar-refractivity contribution < 1.29 is 18.3 Å². The standard InChI is InChI=1S/C12H18O4S/c1-9-6-11(8-13)7-10(2)12(9)16-4-5-17(3,14)15/h6-7,13H,4-5,8H2,1-3H3. The van der Waals surface area contributed by atoms with Gasteiger partial charge in [0.15, 0.2) is 9.84 Å². The van der Waals surface area contributed by atoms with E-state index in [0.717, 1.165) is 16.7 Å². The second-order valence-corrected chi connectivity index (χ2v) is 6.45. The summed E-state index contributed by atoms with van der Waals surface area (Å²) < 4.78 is 27.4. The van der Waals surface area contributed by atoms with Gasteiger partial charge in [0.25, 0.3) is 0 Å². The van der Waals surface area contributed by atoms with E-state index in [4.69, 9.17) is 9.84 Å². The zero-order chi connectivity index (χ0) is 13.1. The largest absolute Gasteiger partial charge is 0.492 e. The predicted octanol–water partition coefficient (Wildman–Crippen LogP) is 1.22. The molecule has 0 amide bonds. The van der Waals surface area contributed by atoms with E-state index in [0.29, 0.717) is 5.75 Å². The number of benzene rings is 1. The minimum absolute atomic E-state index is 0.00757. The molecule has 0 saturated heterocycles. The Hall–Kier alpha value is -1.07.